The first-order valence-electron chi connectivity index (χ1n) is 6.03. The van der Waals surface area contributed by atoms with Crippen molar-refractivity contribution in [1.82, 2.24) is 0 Å². The molecule has 2 aromatic rings. The van der Waals surface area contributed by atoms with Gasteiger partial charge in [0.1, 0.15) is 0 Å². The van der Waals surface area contributed by atoms with Gasteiger partial charge in [-0.3, -0.25) is 0 Å². The average Bonchev–Trinajstić information content (AvgIpc) is 2.41. The summed E-state index contributed by atoms with van der Waals surface area (Å²) >= 11 is 0. The third-order valence-corrected chi connectivity index (χ3v) is 2.72. The molecule has 0 unspecified atom stereocenters. The first kappa shape index (κ1) is 13.6. The Morgan fingerprint density at radius 1 is 0.950 bits per heavy atom. The highest BCUT2D eigenvalue weighted by Crippen LogP contribution is 2.15. The van der Waals surface area contributed by atoms with Crippen LogP contribution in [0.5, 0.6) is 0 Å². The molecule has 0 bridgehead atoms. The monoisotopic (exact) mass is 270 g/mol. The van der Waals surface area contributed by atoms with E-state index in [1.807, 2.05) is 19.1 Å². The summed E-state index contributed by atoms with van der Waals surface area (Å²) in [5.41, 5.74) is 2.03. The van der Waals surface area contributed by atoms with E-state index < -0.39 is 12.0 Å². The number of carbonyl (C=O) groups is 2. The summed E-state index contributed by atoms with van der Waals surface area (Å²) in [5, 5.41) is 14.2. The Bertz CT molecular complexity index is 636. The number of carbonyl (C=O) groups excluding carboxylic acids is 1. The third-order valence-electron chi connectivity index (χ3n) is 2.72. The molecule has 0 aromatic heterocycles. The number of rotatable bonds is 3. The molecule has 2 amide bonds. The van der Waals surface area contributed by atoms with Crippen molar-refractivity contribution >= 4 is 23.4 Å². The van der Waals surface area contributed by atoms with Gasteiger partial charge in [-0.15, -0.1) is 0 Å². The van der Waals surface area contributed by atoms with Crippen molar-refractivity contribution in [2.45, 2.75) is 6.92 Å². The number of urea groups is 1. The lowest BCUT2D eigenvalue weighted by molar-refractivity contribution is 0.0698. The highest BCUT2D eigenvalue weighted by molar-refractivity contribution is 6.04. The van der Waals surface area contributed by atoms with E-state index >= 15 is 0 Å². The quantitative estimate of drug-likeness (QED) is 0.800. The van der Waals surface area contributed by atoms with E-state index in [0.29, 0.717) is 5.69 Å². The van der Waals surface area contributed by atoms with Crippen molar-refractivity contribution in [2.75, 3.05) is 10.6 Å². The lowest BCUT2D eigenvalue weighted by atomic mass is 10.2. The number of hydrogen-bond donors (Lipinski definition) is 3. The number of hydrogen-bond acceptors (Lipinski definition) is 2. The van der Waals surface area contributed by atoms with Crippen LogP contribution in [0.1, 0.15) is 15.9 Å². The van der Waals surface area contributed by atoms with E-state index in [9.17, 15) is 9.59 Å². The zero-order valence-corrected chi connectivity index (χ0v) is 10.9. The fourth-order valence-electron chi connectivity index (χ4n) is 1.70. The lowest BCUT2D eigenvalue weighted by Crippen LogP contribution is -2.20. The van der Waals surface area contributed by atoms with E-state index in [-0.39, 0.29) is 11.3 Å². The molecule has 0 aliphatic rings. The fourth-order valence-corrected chi connectivity index (χ4v) is 1.70. The van der Waals surface area contributed by atoms with Crippen molar-refractivity contribution in [3.8, 4) is 0 Å². The number of aryl methyl sites for hydroxylation is 1. The molecule has 0 radical (unpaired) electrons. The number of anilines is 2. The normalized spacial score (nSPS) is 9.85. The molecule has 20 heavy (non-hydrogen) atoms. The van der Waals surface area contributed by atoms with Crippen molar-refractivity contribution in [1.29, 1.82) is 0 Å². The Balaban J connectivity index is 2.08. The molecule has 0 heterocycles. The highest BCUT2D eigenvalue weighted by atomic mass is 16.4. The van der Waals surface area contributed by atoms with E-state index in [0.717, 1.165) is 5.56 Å². The van der Waals surface area contributed by atoms with Gasteiger partial charge in [0.2, 0.25) is 0 Å². The van der Waals surface area contributed by atoms with Gasteiger partial charge in [0.25, 0.3) is 0 Å². The lowest BCUT2D eigenvalue weighted by Gasteiger charge is -2.09. The van der Waals surface area contributed by atoms with Gasteiger partial charge in [-0.05, 0) is 31.2 Å². The molecule has 0 saturated heterocycles. The number of carboxylic acids is 1. The SMILES string of the molecule is Cc1ccc(NC(=O)Nc2ccccc2C(=O)O)cc1. The molecule has 3 N–H and O–H groups in total. The van der Waals surface area contributed by atoms with Crippen molar-refractivity contribution in [2.24, 2.45) is 0 Å². The van der Waals surface area contributed by atoms with Crippen molar-refractivity contribution in [3.63, 3.8) is 0 Å². The standard InChI is InChI=1S/C15H14N2O3/c1-10-6-8-11(9-7-10)16-15(20)17-13-5-3-2-4-12(13)14(18)19/h2-9H,1H3,(H,18,19)(H2,16,17,20). The number of amides is 2. The van der Waals surface area contributed by atoms with Gasteiger partial charge in [0.05, 0.1) is 11.3 Å². The first-order valence-corrected chi connectivity index (χ1v) is 6.03. The van der Waals surface area contributed by atoms with E-state index in [1.54, 1.807) is 24.3 Å². The van der Waals surface area contributed by atoms with E-state index in [2.05, 4.69) is 10.6 Å². The Morgan fingerprint density at radius 2 is 1.60 bits per heavy atom. The van der Waals surface area contributed by atoms with Crippen molar-refractivity contribution in [3.05, 3.63) is 59.7 Å². The Hall–Kier alpha value is -2.82. The summed E-state index contributed by atoms with van der Waals surface area (Å²) in [6.45, 7) is 1.95. The minimum atomic E-state index is -1.09. The minimum absolute atomic E-state index is 0.0477. The molecular formula is C15H14N2O3. The maximum absolute atomic E-state index is 11.8. The summed E-state index contributed by atoms with van der Waals surface area (Å²) < 4.78 is 0. The molecule has 0 atom stereocenters. The molecule has 102 valence electrons. The van der Waals surface area contributed by atoms with Crippen LogP contribution >= 0.6 is 0 Å². The highest BCUT2D eigenvalue weighted by Gasteiger charge is 2.11. The molecule has 0 saturated carbocycles. The molecule has 2 aromatic carbocycles. The van der Waals surface area contributed by atoms with Crippen LogP contribution in [0.3, 0.4) is 0 Å². The zero-order valence-electron chi connectivity index (χ0n) is 10.9. The number of nitrogens with one attached hydrogen (secondary N) is 2. The molecule has 0 fully saturated rings. The molecule has 0 aliphatic carbocycles. The molecule has 2 rings (SSSR count). The fraction of sp³-hybridized carbons (Fsp3) is 0.0667. The largest absolute Gasteiger partial charge is 0.478 e. The van der Waals surface area contributed by atoms with Gasteiger partial charge in [0, 0.05) is 5.69 Å². The molecule has 0 spiro atoms. The van der Waals surface area contributed by atoms with Crippen LogP contribution in [-0.4, -0.2) is 17.1 Å². The van der Waals surface area contributed by atoms with Gasteiger partial charge in [-0.25, -0.2) is 9.59 Å². The van der Waals surface area contributed by atoms with Crippen molar-refractivity contribution < 1.29 is 14.7 Å². The second-order valence-corrected chi connectivity index (χ2v) is 4.30. The average molecular weight is 270 g/mol. The van der Waals surface area contributed by atoms with Crippen LogP contribution < -0.4 is 10.6 Å². The number of benzene rings is 2. The Kier molecular flexibility index (Phi) is 4.00. The second kappa shape index (κ2) is 5.88. The van der Waals surface area contributed by atoms with Gasteiger partial charge >= 0.3 is 12.0 Å². The first-order chi connectivity index (χ1) is 9.56. The van der Waals surface area contributed by atoms with Gasteiger partial charge in [0.15, 0.2) is 0 Å². The van der Waals surface area contributed by atoms with Gasteiger partial charge in [-0.2, -0.15) is 0 Å². The summed E-state index contributed by atoms with van der Waals surface area (Å²) in [7, 11) is 0. The number of carboxylic acid groups (broad SMARTS) is 1. The number of aromatic carboxylic acids is 1. The maximum Gasteiger partial charge on any atom is 0.337 e. The van der Waals surface area contributed by atoms with Crippen LogP contribution in [-0.2, 0) is 0 Å². The summed E-state index contributed by atoms with van der Waals surface area (Å²) in [6.07, 6.45) is 0. The van der Waals surface area contributed by atoms with E-state index in [4.69, 9.17) is 5.11 Å². The van der Waals surface area contributed by atoms with Crippen LogP contribution in [0.4, 0.5) is 16.2 Å². The number of para-hydroxylation sites is 1. The predicted octanol–water partition coefficient (Wildman–Crippen LogP) is 3.34. The van der Waals surface area contributed by atoms with E-state index in [1.165, 1.54) is 12.1 Å². The second-order valence-electron chi connectivity index (χ2n) is 4.30. The van der Waals surface area contributed by atoms with Gasteiger partial charge in [-0.1, -0.05) is 29.8 Å². The zero-order chi connectivity index (χ0) is 14.5. The summed E-state index contributed by atoms with van der Waals surface area (Å²) in [5.74, 6) is -1.09. The molecule has 0 aliphatic heterocycles. The maximum atomic E-state index is 11.8. The smallest absolute Gasteiger partial charge is 0.337 e. The molecule has 5 heteroatoms. The Morgan fingerprint density at radius 3 is 2.25 bits per heavy atom. The Labute approximate surface area is 116 Å². The van der Waals surface area contributed by atoms with Gasteiger partial charge < -0.3 is 15.7 Å². The van der Waals surface area contributed by atoms with Crippen LogP contribution in [0.25, 0.3) is 0 Å². The predicted molar refractivity (Wildman–Crippen MR) is 77.2 cm³/mol. The minimum Gasteiger partial charge on any atom is -0.478 e. The summed E-state index contributed by atoms with van der Waals surface area (Å²) in [6, 6.07) is 13.1. The van der Waals surface area contributed by atoms with Crippen LogP contribution in [0, 0.1) is 6.92 Å². The summed E-state index contributed by atoms with van der Waals surface area (Å²) in [4.78, 5) is 22.9. The molecular weight excluding hydrogens is 256 g/mol. The van der Waals surface area contributed by atoms with Crippen LogP contribution in [0.2, 0.25) is 0 Å². The van der Waals surface area contributed by atoms with Crippen LogP contribution in [0.15, 0.2) is 48.5 Å². The third kappa shape index (κ3) is 3.35. The molecule has 5 nitrogen and oxygen atoms in total. The topological polar surface area (TPSA) is 78.4 Å².